The van der Waals surface area contributed by atoms with Crippen LogP contribution in [0.15, 0.2) is 24.3 Å². The van der Waals surface area contributed by atoms with Crippen molar-refractivity contribution < 1.29 is 19.1 Å². The van der Waals surface area contributed by atoms with E-state index in [-0.39, 0.29) is 5.41 Å². The Bertz CT molecular complexity index is 962. The Hall–Kier alpha value is -2.96. The first-order chi connectivity index (χ1) is 13.7. The number of aromatic nitrogens is 1. The van der Waals surface area contributed by atoms with Gasteiger partial charge in [-0.05, 0) is 42.2 Å². The van der Waals surface area contributed by atoms with E-state index in [9.17, 15) is 14.4 Å². The molecule has 7 nitrogen and oxygen atoms in total. The number of hydrogen-bond donors (Lipinski definition) is 2. The van der Waals surface area contributed by atoms with Crippen LogP contribution in [0, 0.1) is 11.3 Å². The van der Waals surface area contributed by atoms with Crippen molar-refractivity contribution in [3.63, 3.8) is 0 Å². The van der Waals surface area contributed by atoms with E-state index in [4.69, 9.17) is 9.72 Å². The van der Waals surface area contributed by atoms with Gasteiger partial charge in [-0.25, -0.2) is 9.59 Å². The number of aryl methyl sites for hydroxylation is 1. The number of carbonyl (C=O) groups is 3. The first-order valence-corrected chi connectivity index (χ1v) is 9.80. The van der Waals surface area contributed by atoms with Crippen LogP contribution in [0.5, 0.6) is 0 Å². The molecule has 2 aromatic rings. The minimum Gasteiger partial charge on any atom is -0.452 e. The monoisotopic (exact) mass is 397 g/mol. The number of hydrogen-bond acceptors (Lipinski definition) is 5. The van der Waals surface area contributed by atoms with Gasteiger partial charge in [0.2, 0.25) is 0 Å². The molecule has 7 heteroatoms. The van der Waals surface area contributed by atoms with Crippen molar-refractivity contribution in [2.75, 3.05) is 13.7 Å². The van der Waals surface area contributed by atoms with Crippen LogP contribution in [0.3, 0.4) is 0 Å². The second-order valence-corrected chi connectivity index (χ2v) is 8.44. The van der Waals surface area contributed by atoms with Crippen molar-refractivity contribution in [1.29, 1.82) is 0 Å². The number of urea groups is 1. The third kappa shape index (κ3) is 4.55. The lowest BCUT2D eigenvalue weighted by Crippen LogP contribution is -2.39. The lowest BCUT2D eigenvalue weighted by molar-refractivity contribution is -0.123. The van der Waals surface area contributed by atoms with Crippen molar-refractivity contribution in [3.8, 4) is 0 Å². The summed E-state index contributed by atoms with van der Waals surface area (Å²) in [4.78, 5) is 40.9. The molecule has 0 bridgehead atoms. The number of nitrogens with zero attached hydrogens (tertiary/aromatic N) is 1. The molecule has 1 aromatic carbocycles. The summed E-state index contributed by atoms with van der Waals surface area (Å²) >= 11 is 0. The number of benzene rings is 1. The summed E-state index contributed by atoms with van der Waals surface area (Å²) in [6, 6.07) is 6.82. The smallest absolute Gasteiger partial charge is 0.339 e. The molecule has 1 atom stereocenters. The number of fused-ring (bicyclic) bond motifs is 2. The largest absolute Gasteiger partial charge is 0.452 e. The highest BCUT2D eigenvalue weighted by Crippen LogP contribution is 2.39. The fourth-order valence-electron chi connectivity index (χ4n) is 3.79. The van der Waals surface area contributed by atoms with Crippen LogP contribution in [-0.2, 0) is 22.4 Å². The molecule has 1 unspecified atom stereocenters. The summed E-state index contributed by atoms with van der Waals surface area (Å²) in [5.41, 5.74) is 3.16. The van der Waals surface area contributed by atoms with Gasteiger partial charge in [-0.2, -0.15) is 0 Å². The van der Waals surface area contributed by atoms with Crippen molar-refractivity contribution in [3.05, 3.63) is 41.1 Å². The third-order valence-corrected chi connectivity index (χ3v) is 5.50. The highest BCUT2D eigenvalue weighted by molar-refractivity contribution is 6.06. The maximum absolute atomic E-state index is 13.0. The van der Waals surface area contributed by atoms with Crippen LogP contribution in [0.4, 0.5) is 4.79 Å². The molecule has 1 heterocycles. The molecule has 1 aliphatic carbocycles. The van der Waals surface area contributed by atoms with Crippen LogP contribution in [-0.4, -0.2) is 36.5 Å². The summed E-state index contributed by atoms with van der Waals surface area (Å²) in [5, 5.41) is 5.08. The maximum Gasteiger partial charge on any atom is 0.339 e. The molecule has 0 fully saturated rings. The molecule has 154 valence electrons. The minimum atomic E-state index is -0.683. The van der Waals surface area contributed by atoms with E-state index in [1.54, 1.807) is 0 Å². The molecular weight excluding hydrogens is 370 g/mol. The van der Waals surface area contributed by atoms with Crippen LogP contribution in [0.1, 0.15) is 48.8 Å². The Kier molecular flexibility index (Phi) is 5.86. The van der Waals surface area contributed by atoms with E-state index in [2.05, 4.69) is 31.4 Å². The van der Waals surface area contributed by atoms with Crippen molar-refractivity contribution in [2.24, 2.45) is 11.3 Å². The standard InChI is InChI=1S/C22H27N3O4/c1-22(2,3)13-9-10-17-15(11-13)19(14-7-5-6-8-16(14)24-17)20(27)29-12-18(26)25-21(28)23-4/h5-8,13H,9-12H2,1-4H3,(H2,23,25,26,28). The topological polar surface area (TPSA) is 97.4 Å². The van der Waals surface area contributed by atoms with E-state index in [1.807, 2.05) is 24.3 Å². The molecule has 0 saturated carbocycles. The minimum absolute atomic E-state index is 0.109. The normalized spacial score (nSPS) is 16.1. The average molecular weight is 397 g/mol. The predicted molar refractivity (Wildman–Crippen MR) is 110 cm³/mol. The summed E-state index contributed by atoms with van der Waals surface area (Å²) in [7, 11) is 1.40. The summed E-state index contributed by atoms with van der Waals surface area (Å²) < 4.78 is 5.27. The van der Waals surface area contributed by atoms with E-state index in [1.165, 1.54) is 7.05 Å². The average Bonchev–Trinajstić information content (AvgIpc) is 2.68. The number of nitrogens with one attached hydrogen (secondary N) is 2. The van der Waals surface area contributed by atoms with Crippen molar-refractivity contribution in [1.82, 2.24) is 15.6 Å². The lowest BCUT2D eigenvalue weighted by atomic mass is 9.70. The first-order valence-electron chi connectivity index (χ1n) is 9.80. The number of pyridine rings is 1. The molecule has 29 heavy (non-hydrogen) atoms. The molecule has 3 rings (SSSR count). The van der Waals surface area contributed by atoms with Gasteiger partial charge in [-0.3, -0.25) is 15.1 Å². The second kappa shape index (κ2) is 8.19. The highest BCUT2D eigenvalue weighted by Gasteiger charge is 2.33. The SMILES string of the molecule is CNC(=O)NC(=O)COC(=O)c1c2c(nc3ccccc13)CCC(C(C)(C)C)C2. The number of ether oxygens (including phenoxy) is 1. The van der Waals surface area contributed by atoms with Gasteiger partial charge in [0.15, 0.2) is 6.61 Å². The molecule has 0 radical (unpaired) electrons. The van der Waals surface area contributed by atoms with E-state index in [0.29, 0.717) is 11.5 Å². The van der Waals surface area contributed by atoms with Crippen LogP contribution >= 0.6 is 0 Å². The number of carbonyl (C=O) groups excluding carboxylic acids is 3. The summed E-state index contributed by atoms with van der Waals surface area (Å²) in [6.07, 6.45) is 2.57. The Morgan fingerprint density at radius 1 is 1.21 bits per heavy atom. The molecule has 1 aliphatic rings. The van der Waals surface area contributed by atoms with Gasteiger partial charge in [-0.15, -0.1) is 0 Å². The summed E-state index contributed by atoms with van der Waals surface area (Å²) in [6.45, 7) is 6.09. The second-order valence-electron chi connectivity index (χ2n) is 8.44. The fraction of sp³-hybridized carbons (Fsp3) is 0.455. The van der Waals surface area contributed by atoms with E-state index >= 15 is 0 Å². The van der Waals surface area contributed by atoms with Gasteiger partial charge in [0, 0.05) is 18.1 Å². The predicted octanol–water partition coefficient (Wildman–Crippen LogP) is 3.00. The summed E-state index contributed by atoms with van der Waals surface area (Å²) in [5.74, 6) is -0.833. The molecular formula is C22H27N3O4. The number of imide groups is 1. The molecule has 1 aromatic heterocycles. The zero-order valence-electron chi connectivity index (χ0n) is 17.3. The lowest BCUT2D eigenvalue weighted by Gasteiger charge is -2.35. The Morgan fingerprint density at radius 2 is 1.93 bits per heavy atom. The van der Waals surface area contributed by atoms with Gasteiger partial charge in [-0.1, -0.05) is 39.0 Å². The molecule has 0 spiro atoms. The molecule has 0 saturated heterocycles. The maximum atomic E-state index is 13.0. The molecule has 3 amide bonds. The fourth-order valence-corrected chi connectivity index (χ4v) is 3.79. The first kappa shape index (κ1) is 20.8. The number of esters is 1. The van der Waals surface area contributed by atoms with Crippen LogP contribution in [0.2, 0.25) is 0 Å². The highest BCUT2D eigenvalue weighted by atomic mass is 16.5. The Labute approximate surface area is 170 Å². The van der Waals surface area contributed by atoms with Gasteiger partial charge in [0.25, 0.3) is 5.91 Å². The van der Waals surface area contributed by atoms with Crippen LogP contribution < -0.4 is 10.6 Å². The van der Waals surface area contributed by atoms with Gasteiger partial charge < -0.3 is 10.1 Å². The Balaban J connectivity index is 1.94. The van der Waals surface area contributed by atoms with Crippen molar-refractivity contribution >= 4 is 28.8 Å². The van der Waals surface area contributed by atoms with Crippen LogP contribution in [0.25, 0.3) is 10.9 Å². The van der Waals surface area contributed by atoms with E-state index < -0.39 is 24.5 Å². The van der Waals surface area contributed by atoms with Gasteiger partial charge >= 0.3 is 12.0 Å². The zero-order valence-corrected chi connectivity index (χ0v) is 17.3. The zero-order chi connectivity index (χ0) is 21.2. The number of para-hydroxylation sites is 1. The third-order valence-electron chi connectivity index (χ3n) is 5.50. The number of amides is 3. The number of rotatable bonds is 3. The molecule has 2 N–H and O–H groups in total. The molecule has 0 aliphatic heterocycles. The Morgan fingerprint density at radius 3 is 2.62 bits per heavy atom. The van der Waals surface area contributed by atoms with Gasteiger partial charge in [0.05, 0.1) is 11.1 Å². The van der Waals surface area contributed by atoms with Gasteiger partial charge in [0.1, 0.15) is 0 Å². The van der Waals surface area contributed by atoms with E-state index in [0.717, 1.165) is 41.4 Å². The quantitative estimate of drug-likeness (QED) is 0.776. The van der Waals surface area contributed by atoms with Crippen molar-refractivity contribution in [2.45, 2.75) is 40.0 Å².